The maximum absolute atomic E-state index is 10.5. The highest BCUT2D eigenvalue weighted by molar-refractivity contribution is 7.11. The molecule has 1 aromatic heterocycles. The van der Waals surface area contributed by atoms with Gasteiger partial charge in [-0.1, -0.05) is 0 Å². The Hall–Kier alpha value is -0.940. The number of carboxylic acids is 1. The Morgan fingerprint density at radius 2 is 2.56 bits per heavy atom. The topological polar surface area (TPSA) is 59.4 Å². The summed E-state index contributed by atoms with van der Waals surface area (Å²) in [5.41, 5.74) is -0.195. The van der Waals surface area contributed by atoms with Crippen molar-refractivity contribution in [3.63, 3.8) is 0 Å². The van der Waals surface area contributed by atoms with Gasteiger partial charge in [-0.05, 0) is 19.8 Å². The van der Waals surface area contributed by atoms with Crippen molar-refractivity contribution in [3.05, 3.63) is 16.1 Å². The van der Waals surface area contributed by atoms with E-state index < -0.39 is 5.97 Å². The van der Waals surface area contributed by atoms with Crippen LogP contribution in [-0.2, 0) is 21.6 Å². The zero-order valence-electron chi connectivity index (χ0n) is 9.23. The molecular weight excluding hydrogens is 226 g/mol. The Kier molecular flexibility index (Phi) is 3.25. The average Bonchev–Trinajstić information content (AvgIpc) is 2.84. The lowest BCUT2D eigenvalue weighted by molar-refractivity contribution is -0.136. The van der Waals surface area contributed by atoms with E-state index in [2.05, 4.69) is 11.9 Å². The van der Waals surface area contributed by atoms with Crippen molar-refractivity contribution in [2.75, 3.05) is 6.61 Å². The van der Waals surface area contributed by atoms with Gasteiger partial charge >= 0.3 is 5.97 Å². The molecular formula is C11H15NO3S. The lowest BCUT2D eigenvalue weighted by atomic mass is 10.0. The molecule has 5 heteroatoms. The van der Waals surface area contributed by atoms with Crippen LogP contribution in [0.4, 0.5) is 0 Å². The molecule has 2 rings (SSSR count). The Balaban J connectivity index is 2.04. The Morgan fingerprint density at radius 3 is 3.19 bits per heavy atom. The first-order chi connectivity index (χ1) is 7.60. The summed E-state index contributed by atoms with van der Waals surface area (Å²) >= 11 is 1.57. The standard InChI is InChI=1S/C11H15NO3S/c1-11(5-2-6-15-11)8-7-12-9(16-8)3-4-10(13)14/h7H,2-6H2,1H3,(H,13,14). The molecule has 1 fully saturated rings. The summed E-state index contributed by atoms with van der Waals surface area (Å²) in [6, 6.07) is 0. The number of carbonyl (C=O) groups is 1. The summed E-state index contributed by atoms with van der Waals surface area (Å²) in [5.74, 6) is -0.778. The predicted molar refractivity (Wildman–Crippen MR) is 60.6 cm³/mol. The molecule has 1 aliphatic heterocycles. The molecule has 1 atom stereocenters. The van der Waals surface area contributed by atoms with Crippen LogP contribution in [0.2, 0.25) is 0 Å². The number of aryl methyl sites for hydroxylation is 1. The molecule has 4 nitrogen and oxygen atoms in total. The van der Waals surface area contributed by atoms with Crippen molar-refractivity contribution in [2.24, 2.45) is 0 Å². The van der Waals surface area contributed by atoms with Gasteiger partial charge in [0.05, 0.1) is 16.3 Å². The van der Waals surface area contributed by atoms with Gasteiger partial charge in [0.1, 0.15) is 5.60 Å². The van der Waals surface area contributed by atoms with Gasteiger partial charge in [0.15, 0.2) is 0 Å². The number of carboxylic acid groups (broad SMARTS) is 1. The molecule has 1 saturated heterocycles. The van der Waals surface area contributed by atoms with E-state index in [1.807, 2.05) is 6.20 Å². The fraction of sp³-hybridized carbons (Fsp3) is 0.636. The summed E-state index contributed by atoms with van der Waals surface area (Å²) < 4.78 is 5.72. The number of nitrogens with zero attached hydrogens (tertiary/aromatic N) is 1. The number of hydrogen-bond donors (Lipinski definition) is 1. The predicted octanol–water partition coefficient (Wildman–Crippen LogP) is 2.19. The number of aliphatic carboxylic acids is 1. The van der Waals surface area contributed by atoms with E-state index in [0.717, 1.165) is 29.3 Å². The first kappa shape index (κ1) is 11.5. The quantitative estimate of drug-likeness (QED) is 0.877. The van der Waals surface area contributed by atoms with Gasteiger partial charge in [0.2, 0.25) is 0 Å². The van der Waals surface area contributed by atoms with Gasteiger partial charge in [-0.25, -0.2) is 4.98 Å². The highest BCUT2D eigenvalue weighted by Gasteiger charge is 2.33. The van der Waals surface area contributed by atoms with Crippen LogP contribution in [-0.4, -0.2) is 22.7 Å². The highest BCUT2D eigenvalue weighted by Crippen LogP contribution is 2.38. The van der Waals surface area contributed by atoms with Gasteiger partial charge in [0.25, 0.3) is 0 Å². The normalized spacial score (nSPS) is 24.8. The summed E-state index contributed by atoms with van der Waals surface area (Å²) in [4.78, 5) is 15.8. The second-order valence-corrected chi connectivity index (χ2v) is 5.31. The number of thiazole rings is 1. The number of ether oxygens (including phenoxy) is 1. The van der Waals surface area contributed by atoms with Gasteiger partial charge < -0.3 is 9.84 Å². The number of rotatable bonds is 4. The van der Waals surface area contributed by atoms with E-state index in [9.17, 15) is 4.79 Å². The second-order valence-electron chi connectivity index (χ2n) is 4.19. The molecule has 1 aliphatic rings. The van der Waals surface area contributed by atoms with Crippen LogP contribution in [0.15, 0.2) is 6.20 Å². The molecule has 2 heterocycles. The van der Waals surface area contributed by atoms with Crippen LogP contribution in [0.3, 0.4) is 0 Å². The van der Waals surface area contributed by atoms with Crippen molar-refractivity contribution >= 4 is 17.3 Å². The third-order valence-corrected chi connectivity index (χ3v) is 4.15. The fourth-order valence-corrected chi connectivity index (χ4v) is 2.90. The van der Waals surface area contributed by atoms with E-state index in [1.54, 1.807) is 11.3 Å². The zero-order valence-corrected chi connectivity index (χ0v) is 10.0. The molecule has 88 valence electrons. The second kappa shape index (κ2) is 4.51. The average molecular weight is 241 g/mol. The molecule has 1 unspecified atom stereocenters. The molecule has 0 bridgehead atoms. The molecule has 1 N–H and O–H groups in total. The minimum Gasteiger partial charge on any atom is -0.481 e. The van der Waals surface area contributed by atoms with E-state index in [-0.39, 0.29) is 12.0 Å². The zero-order chi connectivity index (χ0) is 11.6. The van der Waals surface area contributed by atoms with Crippen LogP contribution in [0.1, 0.15) is 36.1 Å². The first-order valence-electron chi connectivity index (χ1n) is 5.41. The van der Waals surface area contributed by atoms with Crippen LogP contribution in [0.25, 0.3) is 0 Å². The van der Waals surface area contributed by atoms with Crippen LogP contribution >= 0.6 is 11.3 Å². The molecule has 0 saturated carbocycles. The van der Waals surface area contributed by atoms with Gasteiger partial charge in [0, 0.05) is 19.2 Å². The highest BCUT2D eigenvalue weighted by atomic mass is 32.1. The van der Waals surface area contributed by atoms with Gasteiger partial charge in [-0.2, -0.15) is 0 Å². The smallest absolute Gasteiger partial charge is 0.303 e. The summed E-state index contributed by atoms with van der Waals surface area (Å²) in [5, 5.41) is 9.48. The van der Waals surface area contributed by atoms with E-state index in [4.69, 9.17) is 9.84 Å². The Morgan fingerprint density at radius 1 is 1.75 bits per heavy atom. The maximum atomic E-state index is 10.5. The van der Waals surface area contributed by atoms with Crippen molar-refractivity contribution in [3.8, 4) is 0 Å². The fourth-order valence-electron chi connectivity index (χ4n) is 1.86. The summed E-state index contributed by atoms with van der Waals surface area (Å²) in [6.07, 6.45) is 4.58. The SMILES string of the molecule is CC1(c2cnc(CCC(=O)O)s2)CCCO1. The van der Waals surface area contributed by atoms with Crippen molar-refractivity contribution < 1.29 is 14.6 Å². The van der Waals surface area contributed by atoms with Crippen molar-refractivity contribution in [1.29, 1.82) is 0 Å². The van der Waals surface area contributed by atoms with E-state index in [1.165, 1.54) is 0 Å². The Bertz CT molecular complexity index is 382. The minimum absolute atomic E-state index is 0.143. The third kappa shape index (κ3) is 2.41. The van der Waals surface area contributed by atoms with Gasteiger partial charge in [-0.15, -0.1) is 11.3 Å². The molecule has 0 aliphatic carbocycles. The molecule has 0 aromatic carbocycles. The Labute approximate surface area is 98.3 Å². The molecule has 16 heavy (non-hydrogen) atoms. The van der Waals surface area contributed by atoms with Crippen LogP contribution in [0.5, 0.6) is 0 Å². The summed E-state index contributed by atoms with van der Waals surface area (Å²) in [6.45, 7) is 2.88. The largest absolute Gasteiger partial charge is 0.481 e. The monoisotopic (exact) mass is 241 g/mol. The molecule has 0 spiro atoms. The molecule has 0 radical (unpaired) electrons. The number of aromatic nitrogens is 1. The third-order valence-electron chi connectivity index (χ3n) is 2.85. The van der Waals surface area contributed by atoms with Gasteiger partial charge in [-0.3, -0.25) is 4.79 Å². The van der Waals surface area contributed by atoms with Crippen molar-refractivity contribution in [2.45, 2.75) is 38.2 Å². The van der Waals surface area contributed by atoms with E-state index in [0.29, 0.717) is 6.42 Å². The van der Waals surface area contributed by atoms with Crippen LogP contribution in [0, 0.1) is 0 Å². The maximum Gasteiger partial charge on any atom is 0.303 e. The molecule has 0 amide bonds. The lowest BCUT2D eigenvalue weighted by Gasteiger charge is -2.20. The minimum atomic E-state index is -0.778. The lowest BCUT2D eigenvalue weighted by Crippen LogP contribution is -2.17. The van der Waals surface area contributed by atoms with Crippen LogP contribution < -0.4 is 0 Å². The number of hydrogen-bond acceptors (Lipinski definition) is 4. The van der Waals surface area contributed by atoms with E-state index >= 15 is 0 Å². The van der Waals surface area contributed by atoms with Crippen molar-refractivity contribution in [1.82, 2.24) is 4.98 Å². The molecule has 1 aromatic rings. The first-order valence-corrected chi connectivity index (χ1v) is 6.23. The summed E-state index contributed by atoms with van der Waals surface area (Å²) in [7, 11) is 0.